The Bertz CT molecular complexity index is 795. The predicted molar refractivity (Wildman–Crippen MR) is 93.8 cm³/mol. The molecule has 0 spiro atoms. The second-order valence-corrected chi connectivity index (χ2v) is 6.27. The molecule has 1 heterocycles. The average Bonchev–Trinajstić information content (AvgIpc) is 2.98. The third kappa shape index (κ3) is 3.69. The molecule has 0 saturated carbocycles. The molecule has 5 nitrogen and oxygen atoms in total. The monoisotopic (exact) mass is 341 g/mol. The summed E-state index contributed by atoms with van der Waals surface area (Å²) in [6.45, 7) is 2.24. The third-order valence-corrected chi connectivity index (χ3v) is 4.40. The number of nitrogens with two attached hydrogens (primary N) is 1. The summed E-state index contributed by atoms with van der Waals surface area (Å²) < 4.78 is 13.8. The van der Waals surface area contributed by atoms with Gasteiger partial charge >= 0.3 is 0 Å². The van der Waals surface area contributed by atoms with Crippen molar-refractivity contribution in [2.24, 2.45) is 5.73 Å². The molecule has 3 N–H and O–H groups in total. The minimum absolute atomic E-state index is 0.00135. The lowest BCUT2D eigenvalue weighted by atomic mass is 9.95. The average molecular weight is 341 g/mol. The van der Waals surface area contributed by atoms with Crippen molar-refractivity contribution in [3.8, 4) is 0 Å². The van der Waals surface area contributed by atoms with E-state index < -0.39 is 11.7 Å². The molecule has 1 aliphatic heterocycles. The first kappa shape index (κ1) is 17.1. The molecular formula is C19H20FN3O2. The van der Waals surface area contributed by atoms with Crippen LogP contribution in [0.25, 0.3) is 0 Å². The first-order valence-corrected chi connectivity index (χ1v) is 8.12. The van der Waals surface area contributed by atoms with Crippen molar-refractivity contribution in [3.63, 3.8) is 0 Å². The summed E-state index contributed by atoms with van der Waals surface area (Å²) in [5.41, 5.74) is 7.65. The van der Waals surface area contributed by atoms with Crippen molar-refractivity contribution in [2.45, 2.75) is 18.9 Å². The highest BCUT2D eigenvalue weighted by Crippen LogP contribution is 2.28. The zero-order chi connectivity index (χ0) is 18.0. The largest absolute Gasteiger partial charge is 0.336 e. The van der Waals surface area contributed by atoms with E-state index in [1.807, 2.05) is 30.3 Å². The maximum Gasteiger partial charge on any atom is 0.254 e. The Hall–Kier alpha value is -2.73. The number of halogens is 1. The summed E-state index contributed by atoms with van der Waals surface area (Å²) in [4.78, 5) is 25.6. The van der Waals surface area contributed by atoms with Crippen LogP contribution >= 0.6 is 0 Å². The van der Waals surface area contributed by atoms with E-state index in [0.717, 1.165) is 5.56 Å². The fraction of sp³-hybridized carbons (Fsp3) is 0.263. The molecule has 1 aliphatic rings. The van der Waals surface area contributed by atoms with Gasteiger partial charge in [-0.2, -0.15) is 0 Å². The van der Waals surface area contributed by atoms with E-state index in [2.05, 4.69) is 5.32 Å². The fourth-order valence-electron chi connectivity index (χ4n) is 3.17. The number of carbonyl (C=O) groups excluding carboxylic acids is 2. The molecule has 0 radical (unpaired) electrons. The van der Waals surface area contributed by atoms with Crippen LogP contribution in [0, 0.1) is 5.82 Å². The molecular weight excluding hydrogens is 321 g/mol. The van der Waals surface area contributed by atoms with Gasteiger partial charge in [-0.3, -0.25) is 9.59 Å². The molecule has 1 fully saturated rings. The highest BCUT2D eigenvalue weighted by molar-refractivity contribution is 5.97. The van der Waals surface area contributed by atoms with Crippen LogP contribution in [0.5, 0.6) is 0 Å². The van der Waals surface area contributed by atoms with E-state index in [9.17, 15) is 14.0 Å². The van der Waals surface area contributed by atoms with Gasteiger partial charge in [0.05, 0.1) is 5.69 Å². The lowest BCUT2D eigenvalue weighted by Crippen LogP contribution is -2.32. The topological polar surface area (TPSA) is 75.4 Å². The number of hydrogen-bond donors (Lipinski definition) is 2. The number of benzene rings is 2. The van der Waals surface area contributed by atoms with Crippen LogP contribution in [0.1, 0.15) is 28.8 Å². The Labute approximate surface area is 145 Å². The number of hydrogen-bond acceptors (Lipinski definition) is 3. The van der Waals surface area contributed by atoms with E-state index in [1.54, 1.807) is 4.90 Å². The standard InChI is InChI=1S/C19H20FN3O2/c1-12(24)22-18-9-14(7-8-16(18)20)19(25)23-10-15(17(21)11-23)13-5-3-2-4-6-13/h2-9,15,17H,10-11,21H2,1H3,(H,22,24)/t15-,17+/m0/s1. The Morgan fingerprint density at radius 2 is 1.88 bits per heavy atom. The number of nitrogens with one attached hydrogen (secondary N) is 1. The fourth-order valence-corrected chi connectivity index (χ4v) is 3.17. The number of amides is 2. The highest BCUT2D eigenvalue weighted by atomic mass is 19.1. The summed E-state index contributed by atoms with van der Waals surface area (Å²) in [5, 5.41) is 2.39. The van der Waals surface area contributed by atoms with Crippen molar-refractivity contribution < 1.29 is 14.0 Å². The maximum atomic E-state index is 13.8. The van der Waals surface area contributed by atoms with Gasteiger partial charge < -0.3 is 16.0 Å². The number of nitrogens with zero attached hydrogens (tertiary/aromatic N) is 1. The Balaban J connectivity index is 1.79. The molecule has 0 unspecified atom stereocenters. The van der Waals surface area contributed by atoms with Crippen molar-refractivity contribution in [3.05, 3.63) is 65.5 Å². The summed E-state index contributed by atoms with van der Waals surface area (Å²) in [6.07, 6.45) is 0. The molecule has 2 amide bonds. The number of likely N-dealkylation sites (tertiary alicyclic amines) is 1. The van der Waals surface area contributed by atoms with Gasteiger partial charge in [-0.1, -0.05) is 30.3 Å². The normalized spacial score (nSPS) is 19.7. The predicted octanol–water partition coefficient (Wildman–Crippen LogP) is 2.35. The lowest BCUT2D eigenvalue weighted by Gasteiger charge is -2.17. The lowest BCUT2D eigenvalue weighted by molar-refractivity contribution is -0.114. The molecule has 2 atom stereocenters. The van der Waals surface area contributed by atoms with Gasteiger partial charge in [-0.15, -0.1) is 0 Å². The van der Waals surface area contributed by atoms with Gasteiger partial charge in [0.15, 0.2) is 0 Å². The molecule has 6 heteroatoms. The first-order chi connectivity index (χ1) is 12.0. The zero-order valence-electron chi connectivity index (χ0n) is 13.9. The minimum atomic E-state index is -0.577. The zero-order valence-corrected chi connectivity index (χ0v) is 13.9. The van der Waals surface area contributed by atoms with E-state index in [0.29, 0.717) is 18.7 Å². The van der Waals surface area contributed by atoms with Crippen LogP contribution < -0.4 is 11.1 Å². The van der Waals surface area contributed by atoms with Crippen LogP contribution in [0.4, 0.5) is 10.1 Å². The molecule has 0 aromatic heterocycles. The van der Waals surface area contributed by atoms with Crippen LogP contribution in [0.3, 0.4) is 0 Å². The first-order valence-electron chi connectivity index (χ1n) is 8.12. The molecule has 25 heavy (non-hydrogen) atoms. The SMILES string of the molecule is CC(=O)Nc1cc(C(=O)N2C[C@@H](N)[C@H](c3ccccc3)C2)ccc1F. The van der Waals surface area contributed by atoms with Crippen molar-refractivity contribution >= 4 is 17.5 Å². The summed E-state index contributed by atoms with van der Waals surface area (Å²) >= 11 is 0. The van der Waals surface area contributed by atoms with Crippen molar-refractivity contribution in [2.75, 3.05) is 18.4 Å². The van der Waals surface area contributed by atoms with E-state index in [4.69, 9.17) is 5.73 Å². The Morgan fingerprint density at radius 1 is 1.16 bits per heavy atom. The van der Waals surface area contributed by atoms with Gasteiger partial charge in [0, 0.05) is 37.5 Å². The van der Waals surface area contributed by atoms with E-state index >= 15 is 0 Å². The van der Waals surface area contributed by atoms with Gasteiger partial charge in [0.1, 0.15) is 5.82 Å². The van der Waals surface area contributed by atoms with Crippen LogP contribution in [-0.2, 0) is 4.79 Å². The minimum Gasteiger partial charge on any atom is -0.336 e. The molecule has 0 aliphatic carbocycles. The molecule has 2 aromatic rings. The van der Waals surface area contributed by atoms with Crippen molar-refractivity contribution in [1.29, 1.82) is 0 Å². The van der Waals surface area contributed by atoms with Crippen LogP contribution in [0.15, 0.2) is 48.5 Å². The number of anilines is 1. The van der Waals surface area contributed by atoms with Gasteiger partial charge in [-0.05, 0) is 23.8 Å². The van der Waals surface area contributed by atoms with E-state index in [-0.39, 0.29) is 23.6 Å². The van der Waals surface area contributed by atoms with Crippen LogP contribution in [0.2, 0.25) is 0 Å². The Morgan fingerprint density at radius 3 is 2.56 bits per heavy atom. The summed E-state index contributed by atoms with van der Waals surface area (Å²) in [5.74, 6) is -1.12. The third-order valence-electron chi connectivity index (χ3n) is 4.40. The van der Waals surface area contributed by atoms with Gasteiger partial charge in [-0.25, -0.2) is 4.39 Å². The molecule has 130 valence electrons. The highest BCUT2D eigenvalue weighted by Gasteiger charge is 2.34. The van der Waals surface area contributed by atoms with E-state index in [1.165, 1.54) is 25.1 Å². The smallest absolute Gasteiger partial charge is 0.254 e. The van der Waals surface area contributed by atoms with Gasteiger partial charge in [0.25, 0.3) is 5.91 Å². The summed E-state index contributed by atoms with van der Waals surface area (Å²) in [6, 6.07) is 13.7. The second-order valence-electron chi connectivity index (χ2n) is 6.27. The molecule has 1 saturated heterocycles. The maximum absolute atomic E-state index is 13.8. The summed E-state index contributed by atoms with van der Waals surface area (Å²) in [7, 11) is 0. The second kappa shape index (κ2) is 7.03. The van der Waals surface area contributed by atoms with Crippen LogP contribution in [-0.4, -0.2) is 35.8 Å². The molecule has 2 aromatic carbocycles. The molecule has 3 rings (SSSR count). The molecule has 0 bridgehead atoms. The quantitative estimate of drug-likeness (QED) is 0.900. The Kier molecular flexibility index (Phi) is 4.81. The van der Waals surface area contributed by atoms with Gasteiger partial charge in [0.2, 0.25) is 5.91 Å². The number of rotatable bonds is 3. The van der Waals surface area contributed by atoms with Crippen molar-refractivity contribution in [1.82, 2.24) is 4.90 Å². The number of carbonyl (C=O) groups is 2.